The SMILES string of the molecule is CCN(CC)CCCNC(=O)C1C2C=CC3(CN(c4cc(C)on4)C(=O)C13)O2. The summed E-state index contributed by atoms with van der Waals surface area (Å²) in [6, 6.07) is 1.73. The van der Waals surface area contributed by atoms with Crippen LogP contribution in [-0.4, -0.2) is 66.3 Å². The molecule has 28 heavy (non-hydrogen) atoms. The average Bonchev–Trinajstić information content (AvgIpc) is 3.43. The van der Waals surface area contributed by atoms with Crippen LogP contribution in [0, 0.1) is 18.8 Å². The van der Waals surface area contributed by atoms with Gasteiger partial charge < -0.3 is 19.5 Å². The van der Waals surface area contributed by atoms with E-state index in [4.69, 9.17) is 9.26 Å². The third-order valence-electron chi connectivity index (χ3n) is 6.14. The van der Waals surface area contributed by atoms with E-state index in [1.165, 1.54) is 0 Å². The maximum absolute atomic E-state index is 13.1. The number of carbonyl (C=O) groups is 2. The molecule has 1 N–H and O–H groups in total. The lowest BCUT2D eigenvalue weighted by Crippen LogP contribution is -2.44. The topological polar surface area (TPSA) is 87.9 Å². The number of aryl methyl sites for hydroxylation is 1. The van der Waals surface area contributed by atoms with Gasteiger partial charge in [0.2, 0.25) is 11.8 Å². The van der Waals surface area contributed by atoms with Crippen molar-refractivity contribution in [1.82, 2.24) is 15.4 Å². The van der Waals surface area contributed by atoms with E-state index in [1.54, 1.807) is 17.9 Å². The molecule has 8 nitrogen and oxygen atoms in total. The van der Waals surface area contributed by atoms with Gasteiger partial charge in [0, 0.05) is 12.6 Å². The van der Waals surface area contributed by atoms with Crippen molar-refractivity contribution < 1.29 is 18.8 Å². The number of aromatic nitrogens is 1. The van der Waals surface area contributed by atoms with Crippen molar-refractivity contribution in [2.24, 2.45) is 11.8 Å². The van der Waals surface area contributed by atoms with Gasteiger partial charge in [-0.1, -0.05) is 31.2 Å². The van der Waals surface area contributed by atoms with Crippen LogP contribution in [0.5, 0.6) is 0 Å². The van der Waals surface area contributed by atoms with Gasteiger partial charge >= 0.3 is 0 Å². The lowest BCUT2D eigenvalue weighted by Gasteiger charge is -2.23. The molecule has 4 heterocycles. The Morgan fingerprint density at radius 3 is 2.89 bits per heavy atom. The Bertz CT molecular complexity index is 787. The lowest BCUT2D eigenvalue weighted by molar-refractivity contribution is -0.131. The van der Waals surface area contributed by atoms with Gasteiger partial charge in [-0.05, 0) is 33.0 Å². The first-order chi connectivity index (χ1) is 13.5. The molecule has 3 aliphatic rings. The molecule has 0 radical (unpaired) electrons. The van der Waals surface area contributed by atoms with Crippen molar-refractivity contribution in [3.63, 3.8) is 0 Å². The highest BCUT2D eigenvalue weighted by Gasteiger charge is 2.67. The molecule has 152 valence electrons. The number of hydrogen-bond acceptors (Lipinski definition) is 6. The van der Waals surface area contributed by atoms with E-state index in [0.717, 1.165) is 26.1 Å². The summed E-state index contributed by atoms with van der Waals surface area (Å²) in [6.45, 7) is 9.97. The van der Waals surface area contributed by atoms with Crippen LogP contribution >= 0.6 is 0 Å². The largest absolute Gasteiger partial charge is 0.360 e. The Morgan fingerprint density at radius 1 is 1.43 bits per heavy atom. The van der Waals surface area contributed by atoms with E-state index in [2.05, 4.69) is 29.2 Å². The maximum atomic E-state index is 13.1. The Kier molecular flexibility index (Phi) is 5.01. The molecule has 1 aromatic rings. The van der Waals surface area contributed by atoms with Crippen molar-refractivity contribution in [2.45, 2.75) is 38.9 Å². The first kappa shape index (κ1) is 19.1. The van der Waals surface area contributed by atoms with Crippen molar-refractivity contribution in [1.29, 1.82) is 0 Å². The van der Waals surface area contributed by atoms with Gasteiger partial charge in [-0.2, -0.15) is 0 Å². The fourth-order valence-corrected chi connectivity index (χ4v) is 4.64. The van der Waals surface area contributed by atoms with Gasteiger partial charge in [0.05, 0.1) is 24.5 Å². The molecular weight excluding hydrogens is 360 g/mol. The third kappa shape index (κ3) is 3.04. The van der Waals surface area contributed by atoms with Gasteiger partial charge in [-0.3, -0.25) is 14.5 Å². The normalized spacial score (nSPS) is 30.5. The predicted molar refractivity (Wildman–Crippen MR) is 103 cm³/mol. The molecule has 1 spiro atoms. The summed E-state index contributed by atoms with van der Waals surface area (Å²) in [4.78, 5) is 29.9. The molecule has 3 aliphatic heterocycles. The molecule has 2 fully saturated rings. The minimum Gasteiger partial charge on any atom is -0.360 e. The van der Waals surface area contributed by atoms with E-state index in [1.807, 2.05) is 12.2 Å². The summed E-state index contributed by atoms with van der Waals surface area (Å²) in [5, 5.41) is 6.98. The van der Waals surface area contributed by atoms with Crippen LogP contribution in [0.25, 0.3) is 0 Å². The van der Waals surface area contributed by atoms with Gasteiger partial charge in [-0.25, -0.2) is 0 Å². The summed E-state index contributed by atoms with van der Waals surface area (Å²) < 4.78 is 11.2. The molecule has 1 aromatic heterocycles. The summed E-state index contributed by atoms with van der Waals surface area (Å²) >= 11 is 0. The smallest absolute Gasteiger partial charge is 0.235 e. The summed E-state index contributed by atoms with van der Waals surface area (Å²) in [5.74, 6) is -0.118. The molecular formula is C20H28N4O4. The number of fused-ring (bicyclic) bond motifs is 1. The summed E-state index contributed by atoms with van der Waals surface area (Å²) in [6.07, 6.45) is 4.41. The third-order valence-corrected chi connectivity index (χ3v) is 6.14. The average molecular weight is 388 g/mol. The molecule has 2 saturated heterocycles. The monoisotopic (exact) mass is 388 g/mol. The molecule has 4 atom stereocenters. The Balaban J connectivity index is 1.42. The Labute approximate surface area is 164 Å². The second-order valence-electron chi connectivity index (χ2n) is 7.79. The van der Waals surface area contributed by atoms with Crippen LogP contribution in [0.4, 0.5) is 5.82 Å². The van der Waals surface area contributed by atoms with Crippen molar-refractivity contribution in [2.75, 3.05) is 37.6 Å². The first-order valence-corrected chi connectivity index (χ1v) is 10.1. The highest BCUT2D eigenvalue weighted by Crippen LogP contribution is 2.52. The van der Waals surface area contributed by atoms with Gasteiger partial charge in [0.1, 0.15) is 11.4 Å². The molecule has 4 unspecified atom stereocenters. The minimum absolute atomic E-state index is 0.104. The second kappa shape index (κ2) is 7.33. The van der Waals surface area contributed by atoms with Crippen molar-refractivity contribution in [3.05, 3.63) is 24.0 Å². The van der Waals surface area contributed by atoms with E-state index < -0.39 is 17.4 Å². The van der Waals surface area contributed by atoms with Crippen LogP contribution in [0.1, 0.15) is 26.0 Å². The molecule has 0 aliphatic carbocycles. The van der Waals surface area contributed by atoms with Crippen molar-refractivity contribution >= 4 is 17.6 Å². The highest BCUT2D eigenvalue weighted by molar-refractivity contribution is 6.02. The number of nitrogens with one attached hydrogen (secondary N) is 1. The van der Waals surface area contributed by atoms with Gasteiger partial charge in [0.25, 0.3) is 0 Å². The van der Waals surface area contributed by atoms with Crippen LogP contribution in [0.2, 0.25) is 0 Å². The highest BCUT2D eigenvalue weighted by atomic mass is 16.5. The fourth-order valence-electron chi connectivity index (χ4n) is 4.64. The minimum atomic E-state index is -0.738. The molecule has 2 bridgehead atoms. The number of anilines is 1. The van der Waals surface area contributed by atoms with Crippen LogP contribution in [0.3, 0.4) is 0 Å². The molecule has 2 amide bonds. The second-order valence-corrected chi connectivity index (χ2v) is 7.79. The standard InChI is InChI=1S/C20H28N4O4/c1-4-23(5-2)10-6-9-21-18(25)16-14-7-8-20(27-14)12-24(19(26)17(16)20)15-11-13(3)28-22-15/h7-8,11,14,16-17H,4-6,9-10,12H2,1-3H3,(H,21,25). The van der Waals surface area contributed by atoms with Crippen LogP contribution in [0.15, 0.2) is 22.7 Å². The number of hydrogen-bond donors (Lipinski definition) is 1. The van der Waals surface area contributed by atoms with E-state index in [9.17, 15) is 9.59 Å². The lowest BCUT2D eigenvalue weighted by atomic mass is 9.77. The number of amides is 2. The number of carbonyl (C=O) groups excluding carboxylic acids is 2. The first-order valence-electron chi connectivity index (χ1n) is 10.1. The van der Waals surface area contributed by atoms with Crippen LogP contribution in [-0.2, 0) is 14.3 Å². The summed E-state index contributed by atoms with van der Waals surface area (Å²) in [5.41, 5.74) is -0.738. The predicted octanol–water partition coefficient (Wildman–Crippen LogP) is 1.12. The van der Waals surface area contributed by atoms with Crippen molar-refractivity contribution in [3.8, 4) is 0 Å². The quantitative estimate of drug-likeness (QED) is 0.530. The number of nitrogens with zero attached hydrogens (tertiary/aromatic N) is 3. The molecule has 0 aromatic carbocycles. The van der Waals surface area contributed by atoms with Gasteiger partial charge in [0.15, 0.2) is 5.82 Å². The Morgan fingerprint density at radius 2 is 2.21 bits per heavy atom. The molecule has 8 heteroatoms. The maximum Gasteiger partial charge on any atom is 0.235 e. The van der Waals surface area contributed by atoms with Gasteiger partial charge in [-0.15, -0.1) is 0 Å². The summed E-state index contributed by atoms with van der Waals surface area (Å²) in [7, 11) is 0. The number of rotatable bonds is 8. The fraction of sp³-hybridized carbons (Fsp3) is 0.650. The Hall–Kier alpha value is -2.19. The van der Waals surface area contributed by atoms with E-state index >= 15 is 0 Å². The zero-order valence-corrected chi connectivity index (χ0v) is 16.7. The van der Waals surface area contributed by atoms with E-state index in [0.29, 0.717) is 24.7 Å². The number of ether oxygens (including phenoxy) is 1. The molecule has 0 saturated carbocycles. The van der Waals surface area contributed by atoms with Crippen LogP contribution < -0.4 is 10.2 Å². The van der Waals surface area contributed by atoms with E-state index in [-0.39, 0.29) is 17.9 Å². The zero-order chi connectivity index (χ0) is 19.9. The zero-order valence-electron chi connectivity index (χ0n) is 16.7. The molecule has 4 rings (SSSR count).